The summed E-state index contributed by atoms with van der Waals surface area (Å²) in [7, 11) is 1.66. The number of guanidine groups is 1. The van der Waals surface area contributed by atoms with Crippen LogP contribution < -0.4 is 33.6 Å². The highest BCUT2D eigenvalue weighted by Crippen LogP contribution is 2.17. The normalized spacial score (nSPS) is 13.8. The highest BCUT2D eigenvalue weighted by molar-refractivity contribution is 5.94. The van der Waals surface area contributed by atoms with Crippen molar-refractivity contribution < 1.29 is 19.2 Å². The number of hydrogen-bond donors (Lipinski definition) is 6. The Balaban J connectivity index is 2.22. The molecule has 0 aliphatic heterocycles. The zero-order chi connectivity index (χ0) is 30.2. The summed E-state index contributed by atoms with van der Waals surface area (Å²) in [6.07, 6.45) is 1.08. The summed E-state index contributed by atoms with van der Waals surface area (Å²) in [4.78, 5) is 56.0. The lowest BCUT2D eigenvalue weighted by Gasteiger charge is -2.24. The first-order valence-corrected chi connectivity index (χ1v) is 13.8. The van der Waals surface area contributed by atoms with E-state index in [1.54, 1.807) is 7.05 Å². The molecular formula is C30H43N7O4. The molecule has 0 heterocycles. The molecule has 0 aliphatic rings. The number of carbonyl (C=O) groups is 4. The summed E-state index contributed by atoms with van der Waals surface area (Å²) in [6.45, 7) is 0.515. The largest absolute Gasteiger partial charge is 0.370 e. The Morgan fingerprint density at radius 3 is 1.90 bits per heavy atom. The molecule has 0 saturated carbocycles. The average Bonchev–Trinajstić information content (AvgIpc) is 2.94. The molecule has 0 unspecified atom stereocenters. The second-order valence-electron chi connectivity index (χ2n) is 10.2. The molecule has 11 heteroatoms. The fourth-order valence-electron chi connectivity index (χ4n) is 4.54. The average molecular weight is 566 g/mol. The van der Waals surface area contributed by atoms with Crippen LogP contribution in [0, 0.1) is 11.8 Å². The van der Waals surface area contributed by atoms with Gasteiger partial charge in [0.2, 0.25) is 11.8 Å². The Bertz CT molecular complexity index is 1150. The second-order valence-corrected chi connectivity index (χ2v) is 10.2. The van der Waals surface area contributed by atoms with Gasteiger partial charge < -0.3 is 33.6 Å². The summed E-state index contributed by atoms with van der Waals surface area (Å²) >= 11 is 0. The first kappa shape index (κ1) is 33.1. The standard InChI is InChI=1S/C30H43N7O4/c1-35-19-23(28(32)40)18-27(39)25(16-21-11-6-3-7-12-21)37-29(41)22(13-8-14-36-30(33)34)17-26(38)24(31)15-20-9-4-2-5-10-20/h2-7,9-12,22-25,35H,8,13-19,31H2,1H3,(H2,32,40)(H,37,41)(H4,33,34,36)/t22-,23-,24-,25-/m0/s1. The number of nitrogens with zero attached hydrogens (tertiary/aromatic N) is 1. The Morgan fingerprint density at radius 1 is 0.805 bits per heavy atom. The molecule has 222 valence electrons. The number of hydrogen-bond acceptors (Lipinski definition) is 7. The van der Waals surface area contributed by atoms with E-state index in [2.05, 4.69) is 15.6 Å². The summed E-state index contributed by atoms with van der Waals surface area (Å²) in [5.41, 5.74) is 24.3. The van der Waals surface area contributed by atoms with Crippen LogP contribution in [-0.4, -0.2) is 61.6 Å². The van der Waals surface area contributed by atoms with Crippen LogP contribution in [0.15, 0.2) is 65.7 Å². The van der Waals surface area contributed by atoms with Crippen molar-refractivity contribution in [2.24, 2.45) is 39.8 Å². The molecule has 0 radical (unpaired) electrons. The van der Waals surface area contributed by atoms with Crippen LogP contribution in [0.4, 0.5) is 0 Å². The number of nitrogens with two attached hydrogens (primary N) is 4. The van der Waals surface area contributed by atoms with Gasteiger partial charge in [0.05, 0.1) is 18.0 Å². The van der Waals surface area contributed by atoms with Crippen molar-refractivity contribution in [1.29, 1.82) is 0 Å². The van der Waals surface area contributed by atoms with Crippen LogP contribution in [0.25, 0.3) is 0 Å². The van der Waals surface area contributed by atoms with Crippen molar-refractivity contribution in [2.75, 3.05) is 20.1 Å². The van der Waals surface area contributed by atoms with Gasteiger partial charge in [0.15, 0.2) is 17.5 Å². The third-order valence-electron chi connectivity index (χ3n) is 6.82. The number of primary amides is 1. The van der Waals surface area contributed by atoms with Gasteiger partial charge in [-0.15, -0.1) is 0 Å². The van der Waals surface area contributed by atoms with Crippen LogP contribution in [0.2, 0.25) is 0 Å². The van der Waals surface area contributed by atoms with Crippen molar-refractivity contribution in [3.63, 3.8) is 0 Å². The van der Waals surface area contributed by atoms with Crippen LogP contribution in [0.5, 0.6) is 0 Å². The van der Waals surface area contributed by atoms with Gasteiger partial charge in [-0.05, 0) is 43.9 Å². The van der Waals surface area contributed by atoms with Crippen LogP contribution >= 0.6 is 0 Å². The van der Waals surface area contributed by atoms with Crippen molar-refractivity contribution in [3.05, 3.63) is 71.8 Å². The van der Waals surface area contributed by atoms with Crippen molar-refractivity contribution in [2.45, 2.75) is 50.6 Å². The van der Waals surface area contributed by atoms with E-state index >= 15 is 0 Å². The van der Waals surface area contributed by atoms with E-state index in [1.807, 2.05) is 60.7 Å². The van der Waals surface area contributed by atoms with Crippen molar-refractivity contribution in [1.82, 2.24) is 10.6 Å². The Morgan fingerprint density at radius 2 is 1.37 bits per heavy atom. The molecule has 2 aromatic rings. The highest BCUT2D eigenvalue weighted by Gasteiger charge is 2.30. The summed E-state index contributed by atoms with van der Waals surface area (Å²) in [5, 5.41) is 5.73. The number of amides is 2. The minimum atomic E-state index is -0.920. The number of aliphatic imine (C=N–C) groups is 1. The van der Waals surface area contributed by atoms with Crippen molar-refractivity contribution >= 4 is 29.3 Å². The van der Waals surface area contributed by atoms with Gasteiger partial charge >= 0.3 is 0 Å². The zero-order valence-corrected chi connectivity index (χ0v) is 23.6. The van der Waals surface area contributed by atoms with E-state index < -0.39 is 35.7 Å². The maximum Gasteiger partial charge on any atom is 0.224 e. The Kier molecular flexibility index (Phi) is 14.2. The number of rotatable bonds is 19. The quantitative estimate of drug-likeness (QED) is 0.0785. The van der Waals surface area contributed by atoms with E-state index in [4.69, 9.17) is 22.9 Å². The van der Waals surface area contributed by atoms with Gasteiger partial charge in [0.25, 0.3) is 0 Å². The summed E-state index contributed by atoms with van der Waals surface area (Å²) in [5.74, 6) is -3.19. The van der Waals surface area contributed by atoms with Gasteiger partial charge in [0.1, 0.15) is 0 Å². The predicted molar refractivity (Wildman–Crippen MR) is 159 cm³/mol. The topological polar surface area (TPSA) is 209 Å². The predicted octanol–water partition coefficient (Wildman–Crippen LogP) is 0.193. The molecule has 4 atom stereocenters. The molecule has 0 spiro atoms. The number of benzene rings is 2. The fraction of sp³-hybridized carbons (Fsp3) is 0.433. The highest BCUT2D eigenvalue weighted by atomic mass is 16.2. The molecule has 2 amide bonds. The molecule has 10 N–H and O–H groups in total. The summed E-state index contributed by atoms with van der Waals surface area (Å²) in [6, 6.07) is 16.9. The summed E-state index contributed by atoms with van der Waals surface area (Å²) < 4.78 is 0. The van der Waals surface area contributed by atoms with Crippen LogP contribution in [0.3, 0.4) is 0 Å². The lowest BCUT2D eigenvalue weighted by atomic mass is 9.90. The number of nitrogens with one attached hydrogen (secondary N) is 2. The number of Topliss-reactive ketones (excluding diaryl/α,β-unsaturated/α-hetero) is 2. The third-order valence-corrected chi connectivity index (χ3v) is 6.82. The van der Waals surface area contributed by atoms with Gasteiger partial charge in [-0.2, -0.15) is 0 Å². The molecule has 11 nitrogen and oxygen atoms in total. The SMILES string of the molecule is CNC[C@H](CC(=O)[C@H](Cc1ccccc1)NC(=O)[C@@H](CCCN=C(N)N)CC(=O)[C@@H](N)Cc1ccccc1)C(N)=O. The minimum absolute atomic E-state index is 0.0638. The fourth-order valence-corrected chi connectivity index (χ4v) is 4.54. The zero-order valence-electron chi connectivity index (χ0n) is 23.6. The minimum Gasteiger partial charge on any atom is -0.370 e. The van der Waals surface area contributed by atoms with E-state index in [9.17, 15) is 19.2 Å². The smallest absolute Gasteiger partial charge is 0.224 e. The second kappa shape index (κ2) is 17.6. The molecular weight excluding hydrogens is 522 g/mol. The van der Waals surface area contributed by atoms with Gasteiger partial charge in [-0.1, -0.05) is 60.7 Å². The first-order chi connectivity index (χ1) is 19.6. The Hall–Kier alpha value is -4.09. The van der Waals surface area contributed by atoms with E-state index in [-0.39, 0.29) is 49.9 Å². The van der Waals surface area contributed by atoms with Crippen LogP contribution in [-0.2, 0) is 32.0 Å². The van der Waals surface area contributed by atoms with Gasteiger partial charge in [0, 0.05) is 31.8 Å². The molecule has 41 heavy (non-hydrogen) atoms. The third kappa shape index (κ3) is 12.3. The first-order valence-electron chi connectivity index (χ1n) is 13.8. The van der Waals surface area contributed by atoms with E-state index in [1.165, 1.54) is 0 Å². The van der Waals surface area contributed by atoms with Gasteiger partial charge in [-0.25, -0.2) is 0 Å². The lowest BCUT2D eigenvalue weighted by molar-refractivity contribution is -0.133. The van der Waals surface area contributed by atoms with Crippen LogP contribution in [0.1, 0.15) is 36.8 Å². The van der Waals surface area contributed by atoms with Crippen molar-refractivity contribution in [3.8, 4) is 0 Å². The maximum atomic E-state index is 13.6. The monoisotopic (exact) mass is 565 g/mol. The van der Waals surface area contributed by atoms with E-state index in [0.29, 0.717) is 19.3 Å². The molecule has 2 aromatic carbocycles. The molecule has 2 rings (SSSR count). The number of carbonyl (C=O) groups excluding carboxylic acids is 4. The molecule has 0 aliphatic carbocycles. The number of ketones is 2. The van der Waals surface area contributed by atoms with Gasteiger partial charge in [-0.3, -0.25) is 24.2 Å². The lowest BCUT2D eigenvalue weighted by Crippen LogP contribution is -2.47. The van der Waals surface area contributed by atoms with E-state index in [0.717, 1.165) is 11.1 Å². The molecule has 0 saturated heterocycles. The maximum absolute atomic E-state index is 13.6. The Labute approximate surface area is 241 Å². The molecule has 0 fully saturated rings. The molecule has 0 bridgehead atoms. The molecule has 0 aromatic heterocycles.